The summed E-state index contributed by atoms with van der Waals surface area (Å²) in [5.74, 6) is 0.219. The zero-order valence-electron chi connectivity index (χ0n) is 15.7. The van der Waals surface area contributed by atoms with Crippen LogP contribution in [0.4, 0.5) is 0 Å². The number of aromatic nitrogens is 3. The Labute approximate surface area is 171 Å². The molecule has 1 amide bonds. The Hall–Kier alpha value is -1.96. The van der Waals surface area contributed by atoms with Gasteiger partial charge >= 0.3 is 0 Å². The number of rotatable bonds is 7. The minimum Gasteiger partial charge on any atom is -0.349 e. The molecular weight excluding hydrogens is 389 g/mol. The SMILES string of the molecule is CCC(CC)(CN)NC(=O)Cc1c(C)nc(-c2cccnc2)[nH]c1=O.Cl.Cl. The number of nitrogens with zero attached hydrogens (tertiary/aromatic N) is 2. The van der Waals surface area contributed by atoms with E-state index in [0.717, 1.165) is 18.4 Å². The van der Waals surface area contributed by atoms with Crippen LogP contribution in [0, 0.1) is 6.92 Å². The molecule has 0 saturated heterocycles. The van der Waals surface area contributed by atoms with Crippen LogP contribution in [0.3, 0.4) is 0 Å². The summed E-state index contributed by atoms with van der Waals surface area (Å²) >= 11 is 0. The molecular formula is C18H27Cl2N5O2. The molecule has 0 aromatic carbocycles. The molecule has 2 aromatic heterocycles. The third-order valence-electron chi connectivity index (χ3n) is 4.64. The maximum absolute atomic E-state index is 12.4. The van der Waals surface area contributed by atoms with E-state index in [-0.39, 0.29) is 42.7 Å². The number of pyridine rings is 1. The smallest absolute Gasteiger partial charge is 0.255 e. The van der Waals surface area contributed by atoms with Gasteiger partial charge in [-0.25, -0.2) is 4.98 Å². The van der Waals surface area contributed by atoms with Gasteiger partial charge in [-0.05, 0) is 31.9 Å². The van der Waals surface area contributed by atoms with E-state index >= 15 is 0 Å². The Balaban J connectivity index is 0.00000338. The molecule has 9 heteroatoms. The summed E-state index contributed by atoms with van der Waals surface area (Å²) in [4.78, 5) is 36.0. The molecule has 150 valence electrons. The zero-order valence-corrected chi connectivity index (χ0v) is 17.4. The maximum Gasteiger partial charge on any atom is 0.255 e. The number of nitrogens with two attached hydrogens (primary N) is 1. The average molecular weight is 416 g/mol. The normalized spacial score (nSPS) is 10.5. The van der Waals surface area contributed by atoms with E-state index in [1.807, 2.05) is 19.9 Å². The summed E-state index contributed by atoms with van der Waals surface area (Å²) in [5.41, 5.74) is 6.69. The highest BCUT2D eigenvalue weighted by molar-refractivity contribution is 5.85. The molecule has 2 aromatic rings. The predicted octanol–water partition coefficient (Wildman–Crippen LogP) is 2.16. The predicted molar refractivity (Wildman–Crippen MR) is 112 cm³/mol. The van der Waals surface area contributed by atoms with Gasteiger partial charge in [0.1, 0.15) is 5.82 Å². The number of nitrogens with one attached hydrogen (secondary N) is 2. The van der Waals surface area contributed by atoms with E-state index < -0.39 is 5.54 Å². The first-order valence-electron chi connectivity index (χ1n) is 8.46. The first-order valence-corrected chi connectivity index (χ1v) is 8.46. The van der Waals surface area contributed by atoms with E-state index in [2.05, 4.69) is 20.3 Å². The van der Waals surface area contributed by atoms with Crippen molar-refractivity contribution in [2.75, 3.05) is 6.54 Å². The molecule has 0 aliphatic carbocycles. The van der Waals surface area contributed by atoms with E-state index in [1.54, 1.807) is 25.4 Å². The molecule has 0 radical (unpaired) electrons. The van der Waals surface area contributed by atoms with Crippen molar-refractivity contribution in [3.63, 3.8) is 0 Å². The molecule has 4 N–H and O–H groups in total. The summed E-state index contributed by atoms with van der Waals surface area (Å²) < 4.78 is 0. The lowest BCUT2D eigenvalue weighted by Crippen LogP contribution is -2.53. The third-order valence-corrected chi connectivity index (χ3v) is 4.64. The lowest BCUT2D eigenvalue weighted by Gasteiger charge is -2.31. The van der Waals surface area contributed by atoms with Gasteiger partial charge in [-0.15, -0.1) is 24.8 Å². The van der Waals surface area contributed by atoms with Gasteiger partial charge in [0.15, 0.2) is 0 Å². The Bertz CT molecular complexity index is 784. The Kier molecular flexibility index (Phi) is 10.2. The van der Waals surface area contributed by atoms with Gasteiger partial charge in [-0.1, -0.05) is 13.8 Å². The van der Waals surface area contributed by atoms with E-state index in [1.165, 1.54) is 0 Å². The zero-order chi connectivity index (χ0) is 18.4. The maximum atomic E-state index is 12.4. The van der Waals surface area contributed by atoms with Crippen molar-refractivity contribution in [2.45, 2.75) is 45.6 Å². The second-order valence-electron chi connectivity index (χ2n) is 6.14. The summed E-state index contributed by atoms with van der Waals surface area (Å²) in [6.45, 7) is 6.06. The Morgan fingerprint density at radius 1 is 1.30 bits per heavy atom. The summed E-state index contributed by atoms with van der Waals surface area (Å²) in [6, 6.07) is 3.59. The van der Waals surface area contributed by atoms with Crippen LogP contribution in [0.15, 0.2) is 29.3 Å². The highest BCUT2D eigenvalue weighted by Crippen LogP contribution is 2.15. The molecule has 2 rings (SSSR count). The van der Waals surface area contributed by atoms with Gasteiger partial charge in [0.25, 0.3) is 5.56 Å². The molecule has 0 saturated carbocycles. The van der Waals surface area contributed by atoms with Gasteiger partial charge < -0.3 is 16.0 Å². The molecule has 0 aliphatic heterocycles. The van der Waals surface area contributed by atoms with Crippen molar-refractivity contribution in [1.29, 1.82) is 0 Å². The van der Waals surface area contributed by atoms with Crippen LogP contribution in [0.25, 0.3) is 11.4 Å². The number of aromatic amines is 1. The second kappa shape index (κ2) is 11.0. The lowest BCUT2D eigenvalue weighted by atomic mass is 9.92. The van der Waals surface area contributed by atoms with E-state index in [9.17, 15) is 9.59 Å². The second-order valence-corrected chi connectivity index (χ2v) is 6.14. The monoisotopic (exact) mass is 415 g/mol. The van der Waals surface area contributed by atoms with Crippen molar-refractivity contribution >= 4 is 30.7 Å². The molecule has 0 unspecified atom stereocenters. The Morgan fingerprint density at radius 2 is 1.96 bits per heavy atom. The van der Waals surface area contributed by atoms with Crippen LogP contribution in [-0.4, -0.2) is 32.9 Å². The molecule has 7 nitrogen and oxygen atoms in total. The van der Waals surface area contributed by atoms with Gasteiger partial charge in [-0.3, -0.25) is 14.6 Å². The lowest BCUT2D eigenvalue weighted by molar-refractivity contribution is -0.122. The molecule has 0 aliphatic rings. The molecule has 0 fully saturated rings. The number of carbonyl (C=O) groups excluding carboxylic acids is 1. The first kappa shape index (κ1) is 25.0. The molecule has 0 bridgehead atoms. The fourth-order valence-corrected chi connectivity index (χ4v) is 2.73. The number of carbonyl (C=O) groups is 1. The van der Waals surface area contributed by atoms with Crippen LogP contribution in [-0.2, 0) is 11.2 Å². The average Bonchev–Trinajstić information content (AvgIpc) is 2.63. The standard InChI is InChI=1S/C18H25N5O2.2ClH/c1-4-18(5-2,11-19)23-15(24)9-14-12(3)21-16(22-17(14)25)13-7-6-8-20-10-13;;/h6-8,10H,4-5,9,11,19H2,1-3H3,(H,23,24)(H,21,22,25);2*1H. The highest BCUT2D eigenvalue weighted by Gasteiger charge is 2.27. The fourth-order valence-electron chi connectivity index (χ4n) is 2.73. The van der Waals surface area contributed by atoms with Crippen molar-refractivity contribution in [2.24, 2.45) is 5.73 Å². The number of aryl methyl sites for hydroxylation is 1. The van der Waals surface area contributed by atoms with Gasteiger partial charge in [0.2, 0.25) is 5.91 Å². The molecule has 0 spiro atoms. The van der Waals surface area contributed by atoms with Crippen molar-refractivity contribution < 1.29 is 4.79 Å². The van der Waals surface area contributed by atoms with Gasteiger partial charge in [-0.2, -0.15) is 0 Å². The van der Waals surface area contributed by atoms with Crippen molar-refractivity contribution in [3.8, 4) is 11.4 Å². The van der Waals surface area contributed by atoms with Crippen LogP contribution in [0.5, 0.6) is 0 Å². The summed E-state index contributed by atoms with van der Waals surface area (Å²) in [7, 11) is 0. The molecule has 27 heavy (non-hydrogen) atoms. The number of hydrogen-bond acceptors (Lipinski definition) is 5. The fraction of sp³-hybridized carbons (Fsp3) is 0.444. The van der Waals surface area contributed by atoms with Crippen LogP contribution in [0.2, 0.25) is 0 Å². The number of halogens is 2. The highest BCUT2D eigenvalue weighted by atomic mass is 35.5. The van der Waals surface area contributed by atoms with Crippen molar-refractivity contribution in [3.05, 3.63) is 46.1 Å². The quantitative estimate of drug-likeness (QED) is 0.640. The van der Waals surface area contributed by atoms with E-state index in [4.69, 9.17) is 5.73 Å². The number of hydrogen-bond donors (Lipinski definition) is 3. The molecule has 0 atom stereocenters. The van der Waals surface area contributed by atoms with Gasteiger partial charge in [0.05, 0.1) is 12.0 Å². The minimum absolute atomic E-state index is 0. The van der Waals surface area contributed by atoms with Crippen LogP contribution < -0.4 is 16.6 Å². The first-order chi connectivity index (χ1) is 11.9. The minimum atomic E-state index is -0.430. The number of H-pyrrole nitrogens is 1. The van der Waals surface area contributed by atoms with E-state index in [0.29, 0.717) is 23.6 Å². The third kappa shape index (κ3) is 6.02. The Morgan fingerprint density at radius 3 is 2.44 bits per heavy atom. The topological polar surface area (TPSA) is 114 Å². The van der Waals surface area contributed by atoms with Gasteiger partial charge in [0, 0.05) is 35.8 Å². The number of amides is 1. The van der Waals surface area contributed by atoms with Crippen molar-refractivity contribution in [1.82, 2.24) is 20.3 Å². The van der Waals surface area contributed by atoms with Crippen LogP contribution in [0.1, 0.15) is 37.9 Å². The summed E-state index contributed by atoms with van der Waals surface area (Å²) in [5, 5.41) is 2.97. The van der Waals surface area contributed by atoms with Crippen LogP contribution >= 0.6 is 24.8 Å². The largest absolute Gasteiger partial charge is 0.349 e. The summed E-state index contributed by atoms with van der Waals surface area (Å²) in [6.07, 6.45) is 4.72. The molecule has 2 heterocycles.